The summed E-state index contributed by atoms with van der Waals surface area (Å²) in [4.78, 5) is 27.7. The number of amides is 1. The normalized spacial score (nSPS) is 17.3. The molecular weight excluding hydrogens is 446 g/mol. The fourth-order valence-corrected chi connectivity index (χ4v) is 4.16. The lowest BCUT2D eigenvalue weighted by atomic mass is 9.93. The minimum Gasteiger partial charge on any atom is -0.507 e. The topological polar surface area (TPSA) is 85.3 Å². The van der Waals surface area contributed by atoms with Gasteiger partial charge in [0.25, 0.3) is 11.7 Å². The van der Waals surface area contributed by atoms with Gasteiger partial charge in [0.05, 0.1) is 31.9 Å². The quantitative estimate of drug-likeness (QED) is 0.298. The van der Waals surface area contributed by atoms with E-state index >= 15 is 0 Å². The summed E-state index contributed by atoms with van der Waals surface area (Å²) in [5, 5.41) is 11.3. The summed E-state index contributed by atoms with van der Waals surface area (Å²) >= 11 is 0. The molecule has 1 aliphatic heterocycles. The molecule has 2 aromatic rings. The summed E-state index contributed by atoms with van der Waals surface area (Å²) in [7, 11) is 3.08. The van der Waals surface area contributed by atoms with Crippen molar-refractivity contribution in [2.45, 2.75) is 40.2 Å². The van der Waals surface area contributed by atoms with Gasteiger partial charge in [-0.25, -0.2) is 0 Å². The lowest BCUT2D eigenvalue weighted by Crippen LogP contribution is -2.32. The Labute approximate surface area is 207 Å². The number of benzene rings is 2. The van der Waals surface area contributed by atoms with Gasteiger partial charge in [0.1, 0.15) is 5.76 Å². The smallest absolute Gasteiger partial charge is 0.295 e. The summed E-state index contributed by atoms with van der Waals surface area (Å²) in [6, 6.07) is 10.2. The van der Waals surface area contributed by atoms with E-state index < -0.39 is 17.7 Å². The lowest BCUT2D eigenvalue weighted by Gasteiger charge is -2.26. The molecule has 1 fully saturated rings. The van der Waals surface area contributed by atoms with Gasteiger partial charge in [0.2, 0.25) is 0 Å². The zero-order chi connectivity index (χ0) is 25.7. The Morgan fingerprint density at radius 1 is 1.03 bits per heavy atom. The van der Waals surface area contributed by atoms with Crippen LogP contribution in [0.25, 0.3) is 5.76 Å². The number of carbonyl (C=O) groups excluding carboxylic acids is 2. The van der Waals surface area contributed by atoms with Gasteiger partial charge in [-0.05, 0) is 55.5 Å². The molecule has 188 valence electrons. The van der Waals surface area contributed by atoms with Crippen LogP contribution >= 0.6 is 0 Å². The molecule has 0 spiro atoms. The highest BCUT2D eigenvalue weighted by molar-refractivity contribution is 6.46. The summed E-state index contributed by atoms with van der Waals surface area (Å²) in [6.07, 6.45) is 0.901. The third-order valence-electron chi connectivity index (χ3n) is 6.18. The highest BCUT2D eigenvalue weighted by atomic mass is 16.5. The zero-order valence-electron chi connectivity index (χ0n) is 21.4. The van der Waals surface area contributed by atoms with E-state index in [1.807, 2.05) is 32.0 Å². The number of Topliss-reactive ketones (excluding diaryl/α,β-unsaturated/α-hetero) is 1. The standard InChI is InChI=1S/C28H35NO6/c1-17(2)11-13-35-22-10-9-20(16-23(22)34-6)25-24(27(31)28(32)29(25)12-14-33-5)26(30)21-15-18(3)7-8-19(21)4/h7-10,15-17,25,30H,11-14H2,1-6H3. The third kappa shape index (κ3) is 5.68. The first-order valence-electron chi connectivity index (χ1n) is 11.8. The Morgan fingerprint density at radius 2 is 1.77 bits per heavy atom. The van der Waals surface area contributed by atoms with Crippen LogP contribution in [0.15, 0.2) is 42.0 Å². The zero-order valence-corrected chi connectivity index (χ0v) is 21.4. The first kappa shape index (κ1) is 26.3. The molecule has 0 bridgehead atoms. The fourth-order valence-electron chi connectivity index (χ4n) is 4.16. The maximum absolute atomic E-state index is 13.2. The number of hydrogen-bond acceptors (Lipinski definition) is 6. The SMILES string of the molecule is COCCN1C(=O)C(=O)C(=C(O)c2cc(C)ccc2C)C1c1ccc(OCCC(C)C)c(OC)c1. The van der Waals surface area contributed by atoms with E-state index in [2.05, 4.69) is 13.8 Å². The van der Waals surface area contributed by atoms with Gasteiger partial charge >= 0.3 is 0 Å². The van der Waals surface area contributed by atoms with Crippen molar-refractivity contribution in [2.24, 2.45) is 5.92 Å². The maximum Gasteiger partial charge on any atom is 0.295 e. The molecule has 0 radical (unpaired) electrons. The molecule has 1 aliphatic rings. The Kier molecular flexibility index (Phi) is 8.57. The Hall–Kier alpha value is -3.32. The van der Waals surface area contributed by atoms with Crippen LogP contribution in [0.4, 0.5) is 0 Å². The molecule has 0 aliphatic carbocycles. The average molecular weight is 482 g/mol. The van der Waals surface area contributed by atoms with Crippen LogP contribution in [-0.4, -0.2) is 55.7 Å². The van der Waals surface area contributed by atoms with E-state index in [0.29, 0.717) is 35.2 Å². The second-order valence-corrected chi connectivity index (χ2v) is 9.24. The molecule has 1 heterocycles. The molecule has 35 heavy (non-hydrogen) atoms. The minimum absolute atomic E-state index is 0.0512. The van der Waals surface area contributed by atoms with Crippen LogP contribution in [0.1, 0.15) is 48.6 Å². The number of rotatable bonds is 10. The minimum atomic E-state index is -0.788. The van der Waals surface area contributed by atoms with E-state index in [0.717, 1.165) is 17.5 Å². The van der Waals surface area contributed by atoms with E-state index in [-0.39, 0.29) is 24.5 Å². The Bertz CT molecular complexity index is 1120. The molecule has 3 rings (SSSR count). The van der Waals surface area contributed by atoms with E-state index in [4.69, 9.17) is 14.2 Å². The van der Waals surface area contributed by atoms with Gasteiger partial charge in [0.15, 0.2) is 11.5 Å². The highest BCUT2D eigenvalue weighted by Gasteiger charge is 2.46. The van der Waals surface area contributed by atoms with Crippen molar-refractivity contribution in [2.75, 3.05) is 34.0 Å². The molecule has 7 nitrogen and oxygen atoms in total. The summed E-state index contributed by atoms with van der Waals surface area (Å²) in [6.45, 7) is 9.02. The number of aliphatic hydroxyl groups is 1. The summed E-state index contributed by atoms with van der Waals surface area (Å²) in [5.74, 6) is 0.00281. The number of carbonyl (C=O) groups is 2. The van der Waals surface area contributed by atoms with Crippen molar-refractivity contribution < 1.29 is 28.9 Å². The molecule has 7 heteroatoms. The van der Waals surface area contributed by atoms with Crippen molar-refractivity contribution in [1.82, 2.24) is 4.90 Å². The lowest BCUT2D eigenvalue weighted by molar-refractivity contribution is -0.140. The third-order valence-corrected chi connectivity index (χ3v) is 6.18. The van der Waals surface area contributed by atoms with Gasteiger partial charge in [-0.2, -0.15) is 0 Å². The number of likely N-dealkylation sites (tertiary alicyclic amines) is 1. The van der Waals surface area contributed by atoms with Crippen molar-refractivity contribution in [3.05, 3.63) is 64.2 Å². The number of aryl methyl sites for hydroxylation is 2. The predicted octanol–water partition coefficient (Wildman–Crippen LogP) is 4.81. The number of ketones is 1. The van der Waals surface area contributed by atoms with Crippen molar-refractivity contribution >= 4 is 17.4 Å². The van der Waals surface area contributed by atoms with Gasteiger partial charge in [-0.15, -0.1) is 0 Å². The van der Waals surface area contributed by atoms with E-state index in [1.54, 1.807) is 25.3 Å². The molecule has 0 aromatic heterocycles. The first-order chi connectivity index (χ1) is 16.7. The highest BCUT2D eigenvalue weighted by Crippen LogP contribution is 2.42. The van der Waals surface area contributed by atoms with Crippen molar-refractivity contribution in [3.8, 4) is 11.5 Å². The van der Waals surface area contributed by atoms with Crippen LogP contribution in [-0.2, 0) is 14.3 Å². The van der Waals surface area contributed by atoms with E-state index in [9.17, 15) is 14.7 Å². The second-order valence-electron chi connectivity index (χ2n) is 9.24. The average Bonchev–Trinajstić information content (AvgIpc) is 3.08. The Morgan fingerprint density at radius 3 is 2.43 bits per heavy atom. The molecule has 1 atom stereocenters. The Balaban J connectivity index is 2.12. The van der Waals surface area contributed by atoms with Crippen LogP contribution in [0.5, 0.6) is 11.5 Å². The first-order valence-corrected chi connectivity index (χ1v) is 11.8. The molecule has 1 amide bonds. The molecular formula is C28H35NO6. The molecule has 2 aromatic carbocycles. The predicted molar refractivity (Wildman–Crippen MR) is 135 cm³/mol. The van der Waals surface area contributed by atoms with Gasteiger partial charge in [-0.3, -0.25) is 9.59 Å². The number of hydrogen-bond donors (Lipinski definition) is 1. The largest absolute Gasteiger partial charge is 0.507 e. The second kappa shape index (κ2) is 11.4. The number of aliphatic hydroxyl groups excluding tert-OH is 1. The number of ether oxygens (including phenoxy) is 3. The van der Waals surface area contributed by atoms with Crippen LogP contribution in [0, 0.1) is 19.8 Å². The fraction of sp³-hybridized carbons (Fsp3) is 0.429. The van der Waals surface area contributed by atoms with Crippen molar-refractivity contribution in [3.63, 3.8) is 0 Å². The van der Waals surface area contributed by atoms with Crippen LogP contribution < -0.4 is 9.47 Å². The molecule has 0 saturated carbocycles. The van der Waals surface area contributed by atoms with Gasteiger partial charge in [0, 0.05) is 19.2 Å². The van der Waals surface area contributed by atoms with Gasteiger partial charge < -0.3 is 24.2 Å². The van der Waals surface area contributed by atoms with Crippen molar-refractivity contribution in [1.29, 1.82) is 0 Å². The molecule has 1 saturated heterocycles. The summed E-state index contributed by atoms with van der Waals surface area (Å²) < 4.78 is 16.7. The monoisotopic (exact) mass is 481 g/mol. The maximum atomic E-state index is 13.2. The van der Waals surface area contributed by atoms with Crippen LogP contribution in [0.2, 0.25) is 0 Å². The van der Waals surface area contributed by atoms with Gasteiger partial charge in [-0.1, -0.05) is 37.6 Å². The molecule has 1 N–H and O–H groups in total. The molecule has 1 unspecified atom stereocenters. The van der Waals surface area contributed by atoms with E-state index in [1.165, 1.54) is 12.0 Å². The summed E-state index contributed by atoms with van der Waals surface area (Å²) in [5.41, 5.74) is 2.96. The number of nitrogens with zero attached hydrogens (tertiary/aromatic N) is 1. The van der Waals surface area contributed by atoms with Crippen LogP contribution in [0.3, 0.4) is 0 Å². The number of methoxy groups -OCH3 is 2.